The first-order valence-corrected chi connectivity index (χ1v) is 4.39. The normalized spacial score (nSPS) is 28.3. The highest BCUT2D eigenvalue weighted by Crippen LogP contribution is 2.21. The lowest BCUT2D eigenvalue weighted by molar-refractivity contribution is 0.102. The summed E-state index contributed by atoms with van der Waals surface area (Å²) in [6, 6.07) is 0. The van der Waals surface area contributed by atoms with Gasteiger partial charge in [-0.2, -0.15) is 11.8 Å². The second-order valence-corrected chi connectivity index (χ2v) is 3.62. The lowest BCUT2D eigenvalue weighted by Gasteiger charge is -2.20. The maximum absolute atomic E-state index is 5.29. The van der Waals surface area contributed by atoms with E-state index in [-0.39, 0.29) is 0 Å². The van der Waals surface area contributed by atoms with Crippen LogP contribution in [0.25, 0.3) is 0 Å². The minimum absolute atomic E-state index is 0.740. The summed E-state index contributed by atoms with van der Waals surface area (Å²) in [6.07, 6.45) is 2.57. The first kappa shape index (κ1) is 7.42. The number of ether oxygens (including phenoxy) is 1. The van der Waals surface area contributed by atoms with Crippen LogP contribution in [0.1, 0.15) is 19.8 Å². The van der Waals surface area contributed by atoms with Crippen molar-refractivity contribution in [3.05, 3.63) is 5.75 Å². The number of thioether (sulfide) groups is 1. The Labute approximate surface area is 61.2 Å². The average molecular weight is 145 g/mol. The fourth-order valence-electron chi connectivity index (χ4n) is 1.01. The Morgan fingerprint density at radius 3 is 3.11 bits per heavy atom. The van der Waals surface area contributed by atoms with E-state index in [0.717, 1.165) is 18.5 Å². The molecule has 2 heteroatoms. The molecule has 0 aromatic heterocycles. The molecular formula is C7H13OS. The fourth-order valence-corrected chi connectivity index (χ4v) is 1.87. The molecule has 9 heavy (non-hydrogen) atoms. The van der Waals surface area contributed by atoms with Gasteiger partial charge in [-0.1, -0.05) is 6.92 Å². The fraction of sp³-hybridized carbons (Fsp3) is 0.857. The molecule has 0 saturated carbocycles. The van der Waals surface area contributed by atoms with Crippen LogP contribution in [0.2, 0.25) is 0 Å². The van der Waals surface area contributed by atoms with Gasteiger partial charge in [0.15, 0.2) is 0 Å². The summed E-state index contributed by atoms with van der Waals surface area (Å²) in [5.74, 6) is 2.15. The zero-order valence-electron chi connectivity index (χ0n) is 5.80. The molecule has 0 bridgehead atoms. The summed E-state index contributed by atoms with van der Waals surface area (Å²) in [4.78, 5) is 0. The summed E-state index contributed by atoms with van der Waals surface area (Å²) in [5, 5.41) is 0.740. The largest absolute Gasteiger partial charge is 0.380 e. The zero-order valence-corrected chi connectivity index (χ0v) is 6.62. The van der Waals surface area contributed by atoms with E-state index in [4.69, 9.17) is 4.74 Å². The van der Waals surface area contributed by atoms with Crippen molar-refractivity contribution in [1.82, 2.24) is 0 Å². The van der Waals surface area contributed by atoms with Gasteiger partial charge >= 0.3 is 0 Å². The van der Waals surface area contributed by atoms with Crippen LogP contribution in [0.5, 0.6) is 0 Å². The zero-order chi connectivity index (χ0) is 6.53. The molecule has 1 radical (unpaired) electrons. The van der Waals surface area contributed by atoms with E-state index in [1.807, 2.05) is 11.8 Å². The smallest absolute Gasteiger partial charge is 0.0585 e. The van der Waals surface area contributed by atoms with E-state index >= 15 is 0 Å². The predicted octanol–water partition coefficient (Wildman–Crippen LogP) is 2.08. The van der Waals surface area contributed by atoms with Crippen molar-refractivity contribution in [3.63, 3.8) is 0 Å². The van der Waals surface area contributed by atoms with Crippen LogP contribution in [0.3, 0.4) is 0 Å². The van der Waals surface area contributed by atoms with Gasteiger partial charge in [0.05, 0.1) is 6.61 Å². The summed E-state index contributed by atoms with van der Waals surface area (Å²) < 4.78 is 5.29. The van der Waals surface area contributed by atoms with Crippen molar-refractivity contribution in [2.75, 3.05) is 13.2 Å². The Morgan fingerprint density at radius 2 is 2.56 bits per heavy atom. The summed E-state index contributed by atoms with van der Waals surface area (Å²) in [7, 11) is 0. The third-order valence-corrected chi connectivity index (χ3v) is 2.48. The monoisotopic (exact) mass is 145 g/mol. The Kier molecular flexibility index (Phi) is 3.44. The van der Waals surface area contributed by atoms with Gasteiger partial charge in [-0.25, -0.2) is 0 Å². The minimum Gasteiger partial charge on any atom is -0.380 e. The Hall–Kier alpha value is 0.310. The molecule has 1 rings (SSSR count). The average Bonchev–Trinajstić information content (AvgIpc) is 1.91. The van der Waals surface area contributed by atoms with Gasteiger partial charge < -0.3 is 4.74 Å². The van der Waals surface area contributed by atoms with Crippen LogP contribution >= 0.6 is 11.8 Å². The predicted molar refractivity (Wildman–Crippen MR) is 41.4 cm³/mol. The molecule has 1 aliphatic heterocycles. The summed E-state index contributed by atoms with van der Waals surface area (Å²) in [6.45, 7) is 4.01. The van der Waals surface area contributed by atoms with Crippen LogP contribution in [0.15, 0.2) is 0 Å². The van der Waals surface area contributed by atoms with Gasteiger partial charge in [-0.15, -0.1) is 0 Å². The molecule has 53 valence electrons. The summed E-state index contributed by atoms with van der Waals surface area (Å²) in [5.41, 5.74) is 0. The van der Waals surface area contributed by atoms with Crippen LogP contribution < -0.4 is 0 Å². The lowest BCUT2D eigenvalue weighted by Crippen LogP contribution is -2.18. The van der Waals surface area contributed by atoms with Crippen LogP contribution in [-0.2, 0) is 4.74 Å². The molecule has 0 aliphatic carbocycles. The third kappa shape index (κ3) is 2.59. The number of hydrogen-bond acceptors (Lipinski definition) is 2. The highest BCUT2D eigenvalue weighted by Gasteiger charge is 2.12. The Morgan fingerprint density at radius 1 is 1.67 bits per heavy atom. The van der Waals surface area contributed by atoms with E-state index in [2.05, 4.69) is 12.7 Å². The van der Waals surface area contributed by atoms with Gasteiger partial charge in [0.2, 0.25) is 0 Å². The van der Waals surface area contributed by atoms with Crippen LogP contribution in [0, 0.1) is 5.75 Å². The van der Waals surface area contributed by atoms with Crippen LogP contribution in [0.4, 0.5) is 0 Å². The molecule has 0 aromatic rings. The number of rotatable bonds is 2. The standard InChI is InChI=1S/C7H13OS/c1-2-9-7-4-3-5-8-6-7/h2,7H,3-6H2,1H3. The molecule has 0 amide bonds. The molecule has 1 heterocycles. The van der Waals surface area contributed by atoms with Crippen LogP contribution in [-0.4, -0.2) is 18.5 Å². The first-order chi connectivity index (χ1) is 4.43. The molecule has 1 atom stereocenters. The van der Waals surface area contributed by atoms with Gasteiger partial charge in [0.25, 0.3) is 0 Å². The molecule has 0 spiro atoms. The van der Waals surface area contributed by atoms with Crippen molar-refractivity contribution >= 4 is 11.8 Å². The van der Waals surface area contributed by atoms with E-state index in [1.165, 1.54) is 12.8 Å². The summed E-state index contributed by atoms with van der Waals surface area (Å²) >= 11 is 1.90. The topological polar surface area (TPSA) is 9.23 Å². The highest BCUT2D eigenvalue weighted by molar-refractivity contribution is 8.01. The van der Waals surface area contributed by atoms with E-state index in [9.17, 15) is 0 Å². The van der Waals surface area contributed by atoms with Gasteiger partial charge in [-0.05, 0) is 12.8 Å². The second-order valence-electron chi connectivity index (χ2n) is 2.21. The Balaban J connectivity index is 2.08. The molecule has 0 aromatic carbocycles. The van der Waals surface area contributed by atoms with E-state index < -0.39 is 0 Å². The third-order valence-electron chi connectivity index (χ3n) is 1.45. The van der Waals surface area contributed by atoms with Crippen molar-refractivity contribution in [2.45, 2.75) is 25.0 Å². The molecular weight excluding hydrogens is 132 g/mol. The van der Waals surface area contributed by atoms with E-state index in [0.29, 0.717) is 0 Å². The van der Waals surface area contributed by atoms with E-state index in [1.54, 1.807) is 0 Å². The molecule has 1 fully saturated rings. The molecule has 1 aliphatic rings. The second kappa shape index (κ2) is 4.18. The molecule has 1 saturated heterocycles. The SMILES string of the molecule is C[CH]SC1CCCOC1. The minimum atomic E-state index is 0.740. The van der Waals surface area contributed by atoms with Crippen molar-refractivity contribution in [1.29, 1.82) is 0 Å². The Bertz CT molecular complexity index is 66.6. The van der Waals surface area contributed by atoms with Crippen molar-refractivity contribution < 1.29 is 4.74 Å². The highest BCUT2D eigenvalue weighted by atomic mass is 32.2. The maximum atomic E-state index is 5.29. The van der Waals surface area contributed by atoms with Gasteiger partial charge in [0.1, 0.15) is 0 Å². The quantitative estimate of drug-likeness (QED) is 0.588. The number of hydrogen-bond donors (Lipinski definition) is 0. The van der Waals surface area contributed by atoms with Gasteiger partial charge in [0, 0.05) is 17.6 Å². The molecule has 0 N–H and O–H groups in total. The maximum Gasteiger partial charge on any atom is 0.0585 e. The van der Waals surface area contributed by atoms with Crippen molar-refractivity contribution in [3.8, 4) is 0 Å². The van der Waals surface area contributed by atoms with Gasteiger partial charge in [-0.3, -0.25) is 0 Å². The first-order valence-electron chi connectivity index (χ1n) is 3.44. The molecule has 1 nitrogen and oxygen atoms in total. The van der Waals surface area contributed by atoms with Crippen molar-refractivity contribution in [2.24, 2.45) is 0 Å². The molecule has 1 unspecified atom stereocenters. The lowest BCUT2D eigenvalue weighted by atomic mass is 10.2.